The van der Waals surface area contributed by atoms with Gasteiger partial charge in [0.15, 0.2) is 0 Å². The molecule has 0 heterocycles. The van der Waals surface area contributed by atoms with Crippen molar-refractivity contribution in [3.63, 3.8) is 0 Å². The number of nitrogens with one attached hydrogen (secondary N) is 1. The highest BCUT2D eigenvalue weighted by molar-refractivity contribution is 7.92. The summed E-state index contributed by atoms with van der Waals surface area (Å²) in [4.78, 5) is 11.9. The number of hydrogen-bond donors (Lipinski definition) is 1. The Morgan fingerprint density at radius 1 is 1.40 bits per heavy atom. The van der Waals surface area contributed by atoms with Crippen LogP contribution >= 0.6 is 23.2 Å². The normalized spacial score (nSPS) is 12.8. The van der Waals surface area contributed by atoms with Gasteiger partial charge in [0.2, 0.25) is 15.9 Å². The number of benzene rings is 1. The first kappa shape index (κ1) is 17.1. The Morgan fingerprint density at radius 3 is 2.50 bits per heavy atom. The van der Waals surface area contributed by atoms with Crippen molar-refractivity contribution in [3.05, 3.63) is 28.2 Å². The maximum atomic E-state index is 12.0. The molecule has 0 spiro atoms. The fourth-order valence-corrected chi connectivity index (χ4v) is 3.36. The van der Waals surface area contributed by atoms with E-state index in [2.05, 4.69) is 5.32 Å². The average Bonchev–Trinajstić information content (AvgIpc) is 2.32. The topological polar surface area (TPSA) is 66.5 Å². The molecule has 0 aliphatic carbocycles. The highest BCUT2D eigenvalue weighted by Crippen LogP contribution is 2.32. The number of hydrogen-bond acceptors (Lipinski definition) is 3. The van der Waals surface area contributed by atoms with Crippen molar-refractivity contribution in [2.24, 2.45) is 0 Å². The lowest BCUT2D eigenvalue weighted by Gasteiger charge is -2.28. The molecule has 0 bridgehead atoms. The van der Waals surface area contributed by atoms with Crippen molar-refractivity contribution < 1.29 is 13.2 Å². The number of anilines is 1. The van der Waals surface area contributed by atoms with E-state index in [0.717, 1.165) is 10.6 Å². The molecule has 1 N–H and O–H groups in total. The van der Waals surface area contributed by atoms with Crippen molar-refractivity contribution in [1.29, 1.82) is 0 Å². The van der Waals surface area contributed by atoms with E-state index in [-0.39, 0.29) is 10.7 Å². The Morgan fingerprint density at radius 2 is 2.00 bits per heavy atom. The van der Waals surface area contributed by atoms with Crippen molar-refractivity contribution >= 4 is 44.8 Å². The summed E-state index contributed by atoms with van der Waals surface area (Å²) in [5.74, 6) is -0.408. The van der Waals surface area contributed by atoms with Gasteiger partial charge in [0, 0.05) is 11.6 Å². The second-order valence-electron chi connectivity index (χ2n) is 4.23. The fraction of sp³-hybridized carbons (Fsp3) is 0.417. The molecule has 20 heavy (non-hydrogen) atoms. The van der Waals surface area contributed by atoms with Gasteiger partial charge in [0.05, 0.1) is 17.0 Å². The van der Waals surface area contributed by atoms with Gasteiger partial charge in [0.25, 0.3) is 0 Å². The van der Waals surface area contributed by atoms with E-state index in [4.69, 9.17) is 23.2 Å². The number of sulfonamides is 1. The number of carbonyl (C=O) groups excluding carboxylic acids is 1. The van der Waals surface area contributed by atoms with Crippen LogP contribution in [0.1, 0.15) is 13.8 Å². The van der Waals surface area contributed by atoms with E-state index in [1.54, 1.807) is 13.0 Å². The van der Waals surface area contributed by atoms with Crippen LogP contribution < -0.4 is 9.62 Å². The van der Waals surface area contributed by atoms with Crippen molar-refractivity contribution in [2.45, 2.75) is 19.9 Å². The highest BCUT2D eigenvalue weighted by atomic mass is 35.5. The SMILES string of the molecule is CCNC(=O)C(C)N(c1cc(Cl)ccc1Cl)S(C)(=O)=O. The molecule has 5 nitrogen and oxygen atoms in total. The predicted molar refractivity (Wildman–Crippen MR) is 81.9 cm³/mol. The first-order valence-electron chi connectivity index (χ1n) is 5.90. The molecule has 1 amide bonds. The van der Waals surface area contributed by atoms with E-state index in [1.165, 1.54) is 19.1 Å². The third-order valence-electron chi connectivity index (χ3n) is 2.59. The smallest absolute Gasteiger partial charge is 0.243 e. The quantitative estimate of drug-likeness (QED) is 0.895. The van der Waals surface area contributed by atoms with Gasteiger partial charge in [-0.1, -0.05) is 23.2 Å². The molecule has 1 aromatic rings. The molecule has 1 aromatic carbocycles. The highest BCUT2D eigenvalue weighted by Gasteiger charge is 2.30. The molecular formula is C12H16Cl2N2O3S. The lowest BCUT2D eigenvalue weighted by molar-refractivity contribution is -0.121. The molecule has 1 unspecified atom stereocenters. The van der Waals surface area contributed by atoms with Gasteiger partial charge in [-0.05, 0) is 32.0 Å². The maximum absolute atomic E-state index is 12.0. The molecule has 0 aromatic heterocycles. The summed E-state index contributed by atoms with van der Waals surface area (Å²) in [5, 5.41) is 3.12. The van der Waals surface area contributed by atoms with Gasteiger partial charge in [-0.15, -0.1) is 0 Å². The third kappa shape index (κ3) is 4.01. The van der Waals surface area contributed by atoms with Gasteiger partial charge < -0.3 is 5.32 Å². The molecule has 8 heteroatoms. The maximum Gasteiger partial charge on any atom is 0.243 e. The van der Waals surface area contributed by atoms with Gasteiger partial charge in [-0.25, -0.2) is 8.42 Å². The summed E-state index contributed by atoms with van der Waals surface area (Å²) in [6, 6.07) is 3.52. The number of carbonyl (C=O) groups is 1. The van der Waals surface area contributed by atoms with Crippen LogP contribution in [-0.2, 0) is 14.8 Å². The van der Waals surface area contributed by atoms with E-state index < -0.39 is 22.0 Å². The van der Waals surface area contributed by atoms with Crippen LogP contribution in [0.15, 0.2) is 18.2 Å². The molecular weight excluding hydrogens is 323 g/mol. The van der Waals surface area contributed by atoms with Crippen LogP contribution in [-0.4, -0.2) is 33.2 Å². The minimum absolute atomic E-state index is 0.181. The third-order valence-corrected chi connectivity index (χ3v) is 4.37. The van der Waals surface area contributed by atoms with Crippen LogP contribution in [0.5, 0.6) is 0 Å². The summed E-state index contributed by atoms with van der Waals surface area (Å²) in [7, 11) is -3.69. The predicted octanol–water partition coefficient (Wildman–Crippen LogP) is 2.28. The number of amides is 1. The zero-order valence-electron chi connectivity index (χ0n) is 11.4. The average molecular weight is 339 g/mol. The monoisotopic (exact) mass is 338 g/mol. The Kier molecular flexibility index (Phi) is 5.68. The van der Waals surface area contributed by atoms with Gasteiger partial charge in [0.1, 0.15) is 6.04 Å². The van der Waals surface area contributed by atoms with Crippen molar-refractivity contribution in [1.82, 2.24) is 5.32 Å². The number of rotatable bonds is 5. The Balaban J connectivity index is 3.34. The van der Waals surface area contributed by atoms with Gasteiger partial charge in [-0.2, -0.15) is 0 Å². The standard InChI is InChI=1S/C12H16Cl2N2O3S/c1-4-15-12(17)8(2)16(20(3,18)19)11-7-9(13)5-6-10(11)14/h5-8H,4H2,1-3H3,(H,15,17). The number of halogens is 2. The van der Waals surface area contributed by atoms with Crippen LogP contribution in [0.2, 0.25) is 10.0 Å². The zero-order valence-corrected chi connectivity index (χ0v) is 13.7. The molecule has 0 aliphatic rings. The fourth-order valence-electron chi connectivity index (χ4n) is 1.76. The van der Waals surface area contributed by atoms with Crippen LogP contribution in [0, 0.1) is 0 Å². The minimum Gasteiger partial charge on any atom is -0.355 e. The Hall–Kier alpha value is -0.980. The van der Waals surface area contributed by atoms with Crippen molar-refractivity contribution in [3.8, 4) is 0 Å². The van der Waals surface area contributed by atoms with Gasteiger partial charge >= 0.3 is 0 Å². The second-order valence-corrected chi connectivity index (χ2v) is 6.93. The lowest BCUT2D eigenvalue weighted by atomic mass is 10.2. The number of nitrogens with zero attached hydrogens (tertiary/aromatic N) is 1. The molecule has 0 fully saturated rings. The lowest BCUT2D eigenvalue weighted by Crippen LogP contribution is -2.48. The summed E-state index contributed by atoms with van der Waals surface area (Å²) in [5.41, 5.74) is 0.181. The first-order chi connectivity index (χ1) is 9.18. The molecule has 1 atom stereocenters. The van der Waals surface area contributed by atoms with E-state index >= 15 is 0 Å². The molecule has 112 valence electrons. The van der Waals surface area contributed by atoms with Crippen LogP contribution in [0.25, 0.3) is 0 Å². The zero-order chi connectivity index (χ0) is 15.5. The largest absolute Gasteiger partial charge is 0.355 e. The summed E-state index contributed by atoms with van der Waals surface area (Å²) < 4.78 is 24.9. The summed E-state index contributed by atoms with van der Waals surface area (Å²) in [6.07, 6.45) is 1.01. The van der Waals surface area contributed by atoms with Gasteiger partial charge in [-0.3, -0.25) is 9.10 Å². The molecule has 0 radical (unpaired) electrons. The van der Waals surface area contributed by atoms with Crippen LogP contribution in [0.3, 0.4) is 0 Å². The van der Waals surface area contributed by atoms with Crippen LogP contribution in [0.4, 0.5) is 5.69 Å². The molecule has 0 saturated carbocycles. The Labute approximate surface area is 128 Å². The van der Waals surface area contributed by atoms with E-state index in [1.807, 2.05) is 0 Å². The Bertz CT molecular complexity index is 605. The summed E-state index contributed by atoms with van der Waals surface area (Å²) in [6.45, 7) is 3.65. The summed E-state index contributed by atoms with van der Waals surface area (Å²) >= 11 is 11.9. The number of likely N-dealkylation sites (N-methyl/N-ethyl adjacent to an activating group) is 1. The minimum atomic E-state index is -3.69. The molecule has 0 aliphatic heterocycles. The second kappa shape index (κ2) is 6.65. The first-order valence-corrected chi connectivity index (χ1v) is 8.51. The van der Waals surface area contributed by atoms with E-state index in [0.29, 0.717) is 11.6 Å². The van der Waals surface area contributed by atoms with E-state index in [9.17, 15) is 13.2 Å². The molecule has 0 saturated heterocycles. The van der Waals surface area contributed by atoms with Crippen molar-refractivity contribution in [2.75, 3.05) is 17.1 Å². The molecule has 1 rings (SSSR count).